The lowest BCUT2D eigenvalue weighted by molar-refractivity contribution is 0.170. The molecule has 2 heterocycles. The van der Waals surface area contributed by atoms with Gasteiger partial charge in [-0.2, -0.15) is 0 Å². The van der Waals surface area contributed by atoms with Gasteiger partial charge in [-0.15, -0.1) is 0 Å². The third-order valence-corrected chi connectivity index (χ3v) is 2.71. The lowest BCUT2D eigenvalue weighted by Crippen LogP contribution is -2.09. The van der Waals surface area contributed by atoms with Crippen LogP contribution in [0.25, 0.3) is 0 Å². The van der Waals surface area contributed by atoms with Crippen LogP contribution < -0.4 is 0 Å². The van der Waals surface area contributed by atoms with Crippen molar-refractivity contribution in [2.75, 3.05) is 0 Å². The van der Waals surface area contributed by atoms with Crippen LogP contribution in [0.2, 0.25) is 0 Å². The minimum absolute atomic E-state index is 0.504. The predicted molar refractivity (Wildman–Crippen MR) is 64.4 cm³/mol. The van der Waals surface area contributed by atoms with Crippen LogP contribution in [0.4, 0.5) is 0 Å². The molecule has 5 heteroatoms. The Morgan fingerprint density at radius 1 is 1.41 bits per heavy atom. The zero-order valence-corrected chi connectivity index (χ0v) is 10.2. The third kappa shape index (κ3) is 2.74. The van der Waals surface area contributed by atoms with Gasteiger partial charge in [-0.25, -0.2) is 9.97 Å². The Balaban J connectivity index is 2.07. The van der Waals surface area contributed by atoms with E-state index in [1.54, 1.807) is 12.5 Å². The molecule has 0 fully saturated rings. The van der Waals surface area contributed by atoms with Gasteiger partial charge in [0.05, 0.1) is 12.0 Å². The van der Waals surface area contributed by atoms with Crippen LogP contribution in [-0.2, 0) is 20.0 Å². The summed E-state index contributed by atoms with van der Waals surface area (Å²) >= 11 is 0. The number of aromatic nitrogens is 4. The molecule has 0 aromatic carbocycles. The summed E-state index contributed by atoms with van der Waals surface area (Å²) in [5, 5.41) is 10.1. The summed E-state index contributed by atoms with van der Waals surface area (Å²) in [6.07, 6.45) is 8.22. The summed E-state index contributed by atoms with van der Waals surface area (Å²) in [4.78, 5) is 8.42. The normalized spacial score (nSPS) is 12.9. The van der Waals surface area contributed by atoms with E-state index in [2.05, 4.69) is 21.5 Å². The largest absolute Gasteiger partial charge is 0.386 e. The van der Waals surface area contributed by atoms with Gasteiger partial charge < -0.3 is 14.2 Å². The smallest absolute Gasteiger partial charge is 0.111 e. The van der Waals surface area contributed by atoms with Crippen LogP contribution in [0.15, 0.2) is 24.9 Å². The van der Waals surface area contributed by atoms with Gasteiger partial charge in [-0.1, -0.05) is 6.92 Å². The first kappa shape index (κ1) is 11.9. The maximum atomic E-state index is 10.1. The first-order valence-electron chi connectivity index (χ1n) is 5.86. The molecule has 5 nitrogen and oxygen atoms in total. The monoisotopic (exact) mass is 234 g/mol. The molecule has 2 aromatic rings. The highest BCUT2D eigenvalue weighted by Crippen LogP contribution is 2.15. The minimum atomic E-state index is -0.589. The second-order valence-corrected chi connectivity index (χ2v) is 4.22. The van der Waals surface area contributed by atoms with Crippen molar-refractivity contribution in [2.45, 2.75) is 32.4 Å². The molecule has 2 aromatic heterocycles. The molecule has 0 aliphatic heterocycles. The van der Waals surface area contributed by atoms with Gasteiger partial charge >= 0.3 is 0 Å². The summed E-state index contributed by atoms with van der Waals surface area (Å²) in [7, 11) is 1.89. The Labute approximate surface area is 101 Å². The van der Waals surface area contributed by atoms with Gasteiger partial charge in [0.1, 0.15) is 11.9 Å². The molecule has 0 saturated carbocycles. The number of nitrogens with zero attached hydrogens (tertiary/aromatic N) is 4. The Kier molecular flexibility index (Phi) is 3.58. The lowest BCUT2D eigenvalue weighted by atomic mass is 10.2. The fourth-order valence-electron chi connectivity index (χ4n) is 1.86. The van der Waals surface area contributed by atoms with Crippen molar-refractivity contribution < 1.29 is 5.11 Å². The maximum Gasteiger partial charge on any atom is 0.111 e. The summed E-state index contributed by atoms with van der Waals surface area (Å²) in [5.74, 6) is 0.907. The van der Waals surface area contributed by atoms with Gasteiger partial charge in [-0.3, -0.25) is 0 Å². The van der Waals surface area contributed by atoms with Crippen LogP contribution in [0.5, 0.6) is 0 Å². The number of hydrogen-bond donors (Lipinski definition) is 1. The summed E-state index contributed by atoms with van der Waals surface area (Å²) in [5.41, 5.74) is 0.693. The Hall–Kier alpha value is -1.62. The molecule has 0 saturated heterocycles. The van der Waals surface area contributed by atoms with E-state index in [4.69, 9.17) is 0 Å². The van der Waals surface area contributed by atoms with Crippen LogP contribution in [0, 0.1) is 0 Å². The van der Waals surface area contributed by atoms with Crippen molar-refractivity contribution in [1.82, 2.24) is 19.1 Å². The fraction of sp³-hybridized carbons (Fsp3) is 0.500. The number of aryl methyl sites for hydroxylation is 2. The highest BCUT2D eigenvalue weighted by atomic mass is 16.3. The number of imidazole rings is 2. The van der Waals surface area contributed by atoms with E-state index in [0.29, 0.717) is 12.1 Å². The highest BCUT2D eigenvalue weighted by Gasteiger charge is 2.14. The molecular formula is C12H18N4O. The molecule has 1 N–H and O–H groups in total. The first-order chi connectivity index (χ1) is 8.20. The first-order valence-corrected chi connectivity index (χ1v) is 5.86. The third-order valence-electron chi connectivity index (χ3n) is 2.71. The number of hydrogen-bond acceptors (Lipinski definition) is 3. The molecule has 1 atom stereocenters. The van der Waals surface area contributed by atoms with E-state index in [-0.39, 0.29) is 0 Å². The number of aliphatic hydroxyl groups excluding tert-OH is 1. The van der Waals surface area contributed by atoms with Crippen molar-refractivity contribution in [1.29, 1.82) is 0 Å². The van der Waals surface area contributed by atoms with E-state index in [1.807, 2.05) is 24.0 Å². The molecule has 0 bridgehead atoms. The molecule has 0 radical (unpaired) electrons. The lowest BCUT2D eigenvalue weighted by Gasteiger charge is -2.09. The molecule has 17 heavy (non-hydrogen) atoms. The predicted octanol–water partition coefficient (Wildman–Crippen LogP) is 1.30. The zero-order chi connectivity index (χ0) is 12.3. The molecule has 0 amide bonds. The van der Waals surface area contributed by atoms with Gasteiger partial charge in [0, 0.05) is 38.6 Å². The van der Waals surface area contributed by atoms with Gasteiger partial charge in [0.15, 0.2) is 0 Å². The topological polar surface area (TPSA) is 55.9 Å². The van der Waals surface area contributed by atoms with Gasteiger partial charge in [-0.05, 0) is 6.42 Å². The Bertz CT molecular complexity index is 474. The summed E-state index contributed by atoms with van der Waals surface area (Å²) in [6, 6.07) is 0. The minimum Gasteiger partial charge on any atom is -0.386 e. The van der Waals surface area contributed by atoms with E-state index in [1.165, 1.54) is 0 Å². The highest BCUT2D eigenvalue weighted by molar-refractivity contribution is 5.05. The second-order valence-electron chi connectivity index (χ2n) is 4.22. The molecule has 0 aliphatic rings. The van der Waals surface area contributed by atoms with Gasteiger partial charge in [0.2, 0.25) is 0 Å². The van der Waals surface area contributed by atoms with Crippen molar-refractivity contribution in [3.8, 4) is 0 Å². The van der Waals surface area contributed by atoms with Crippen LogP contribution >= 0.6 is 0 Å². The van der Waals surface area contributed by atoms with E-state index in [9.17, 15) is 5.11 Å². The summed E-state index contributed by atoms with van der Waals surface area (Å²) in [6.45, 7) is 3.06. The van der Waals surface area contributed by atoms with Crippen molar-refractivity contribution in [3.05, 3.63) is 36.4 Å². The van der Waals surface area contributed by atoms with Crippen LogP contribution in [0.3, 0.4) is 0 Å². The number of rotatable bonds is 5. The fourth-order valence-corrected chi connectivity index (χ4v) is 1.86. The van der Waals surface area contributed by atoms with Crippen molar-refractivity contribution in [2.24, 2.45) is 7.05 Å². The van der Waals surface area contributed by atoms with Gasteiger partial charge in [0.25, 0.3) is 0 Å². The average Bonchev–Trinajstić information content (AvgIpc) is 2.89. The Morgan fingerprint density at radius 2 is 2.24 bits per heavy atom. The van der Waals surface area contributed by atoms with E-state index in [0.717, 1.165) is 18.8 Å². The number of aliphatic hydroxyl groups is 1. The SMILES string of the molecule is CCCn1ccnc1CC(O)c1cn(C)cn1. The summed E-state index contributed by atoms with van der Waals surface area (Å²) < 4.78 is 3.91. The Morgan fingerprint density at radius 3 is 2.88 bits per heavy atom. The quantitative estimate of drug-likeness (QED) is 0.848. The van der Waals surface area contributed by atoms with E-state index < -0.39 is 6.10 Å². The molecule has 1 unspecified atom stereocenters. The second kappa shape index (κ2) is 5.14. The van der Waals surface area contributed by atoms with Crippen molar-refractivity contribution in [3.63, 3.8) is 0 Å². The standard InChI is InChI=1S/C12H18N4O/c1-3-5-16-6-4-13-12(16)7-11(17)10-8-15(2)9-14-10/h4,6,8-9,11,17H,3,5,7H2,1-2H3. The van der Waals surface area contributed by atoms with E-state index >= 15 is 0 Å². The van der Waals surface area contributed by atoms with Crippen LogP contribution in [0.1, 0.15) is 31.0 Å². The zero-order valence-electron chi connectivity index (χ0n) is 10.2. The molecule has 92 valence electrons. The average molecular weight is 234 g/mol. The van der Waals surface area contributed by atoms with Crippen molar-refractivity contribution >= 4 is 0 Å². The van der Waals surface area contributed by atoms with Crippen LogP contribution in [-0.4, -0.2) is 24.2 Å². The maximum absolute atomic E-state index is 10.1. The molecule has 0 aliphatic carbocycles. The molecular weight excluding hydrogens is 216 g/mol. The molecule has 0 spiro atoms. The molecule has 2 rings (SSSR count).